The summed E-state index contributed by atoms with van der Waals surface area (Å²) in [5, 5.41) is 15.4. The van der Waals surface area contributed by atoms with E-state index in [1.54, 1.807) is 10.9 Å². The summed E-state index contributed by atoms with van der Waals surface area (Å²) in [5.41, 5.74) is 2.79. The Labute approximate surface area is 138 Å². The minimum absolute atomic E-state index is 0.252. The largest absolute Gasteiger partial charge is 0.454 e. The molecule has 4 rings (SSSR count). The highest BCUT2D eigenvalue weighted by Gasteiger charge is 2.14. The van der Waals surface area contributed by atoms with Crippen molar-refractivity contribution in [3.8, 4) is 22.8 Å². The normalized spacial score (nSPS) is 12.4. The second-order valence-electron chi connectivity index (χ2n) is 5.43. The van der Waals surface area contributed by atoms with Crippen LogP contribution in [0.25, 0.3) is 11.3 Å². The van der Waals surface area contributed by atoms with Gasteiger partial charge in [0.25, 0.3) is 0 Å². The van der Waals surface area contributed by atoms with Gasteiger partial charge in [-0.05, 0) is 30.2 Å². The van der Waals surface area contributed by atoms with Crippen molar-refractivity contribution < 1.29 is 9.47 Å². The molecule has 0 radical (unpaired) electrons. The van der Waals surface area contributed by atoms with Crippen molar-refractivity contribution in [3.63, 3.8) is 0 Å². The second kappa shape index (κ2) is 6.15. The summed E-state index contributed by atoms with van der Waals surface area (Å²) in [5.74, 6) is 1.96. The van der Waals surface area contributed by atoms with Crippen LogP contribution >= 0.6 is 0 Å². The molecule has 122 valence electrons. The number of nitrogens with zero attached hydrogens (tertiary/aromatic N) is 5. The van der Waals surface area contributed by atoms with Gasteiger partial charge in [0, 0.05) is 25.4 Å². The van der Waals surface area contributed by atoms with Crippen molar-refractivity contribution in [1.82, 2.24) is 25.0 Å². The number of hydrogen-bond donors (Lipinski definition) is 1. The molecular weight excluding hydrogens is 308 g/mol. The van der Waals surface area contributed by atoms with Gasteiger partial charge >= 0.3 is 0 Å². The first-order valence-electron chi connectivity index (χ1n) is 7.59. The minimum Gasteiger partial charge on any atom is -0.454 e. The fourth-order valence-electron chi connectivity index (χ4n) is 2.49. The van der Waals surface area contributed by atoms with Crippen LogP contribution < -0.4 is 14.8 Å². The highest BCUT2D eigenvalue weighted by Crippen LogP contribution is 2.35. The lowest BCUT2D eigenvalue weighted by atomic mass is 10.1. The number of hydrogen-bond acceptors (Lipinski definition) is 7. The lowest BCUT2D eigenvalue weighted by molar-refractivity contribution is 0.174. The van der Waals surface area contributed by atoms with E-state index >= 15 is 0 Å². The predicted octanol–water partition coefficient (Wildman–Crippen LogP) is 1.66. The van der Waals surface area contributed by atoms with E-state index in [1.807, 2.05) is 37.6 Å². The Kier molecular flexibility index (Phi) is 3.70. The molecule has 8 nitrogen and oxygen atoms in total. The fraction of sp³-hybridized carbons (Fsp3) is 0.250. The quantitative estimate of drug-likeness (QED) is 0.763. The Balaban J connectivity index is 1.45. The number of ether oxygens (including phenoxy) is 2. The standard InChI is InChI=1S/C16H16N6O2/c1-22-9-11(7-19-22)4-5-17-16-20-13(8-18-21-16)12-2-3-14-15(6-12)24-10-23-14/h2-3,6-9H,4-5,10H2,1H3,(H,17,20,21). The van der Waals surface area contributed by atoms with E-state index in [9.17, 15) is 0 Å². The van der Waals surface area contributed by atoms with Gasteiger partial charge in [-0.1, -0.05) is 0 Å². The zero-order valence-electron chi connectivity index (χ0n) is 13.1. The van der Waals surface area contributed by atoms with Gasteiger partial charge in [0.1, 0.15) is 0 Å². The molecular formula is C16H16N6O2. The van der Waals surface area contributed by atoms with Gasteiger partial charge in [-0.25, -0.2) is 4.98 Å². The molecule has 1 N–H and O–H groups in total. The van der Waals surface area contributed by atoms with Crippen LogP contribution in [0.4, 0.5) is 5.95 Å². The summed E-state index contributed by atoms with van der Waals surface area (Å²) >= 11 is 0. The third-order valence-corrected chi connectivity index (χ3v) is 3.68. The number of aryl methyl sites for hydroxylation is 1. The first-order valence-corrected chi connectivity index (χ1v) is 7.59. The Hall–Kier alpha value is -3.16. The Morgan fingerprint density at radius 1 is 1.21 bits per heavy atom. The van der Waals surface area contributed by atoms with E-state index < -0.39 is 0 Å². The average molecular weight is 324 g/mol. The summed E-state index contributed by atoms with van der Waals surface area (Å²) in [6.07, 6.45) is 6.31. The van der Waals surface area contributed by atoms with Crippen molar-refractivity contribution in [2.45, 2.75) is 6.42 Å². The smallest absolute Gasteiger partial charge is 0.243 e. The molecule has 0 aliphatic carbocycles. The molecule has 0 saturated carbocycles. The van der Waals surface area contributed by atoms with E-state index in [2.05, 4.69) is 25.6 Å². The Bertz CT molecular complexity index is 863. The Morgan fingerprint density at radius 3 is 3.00 bits per heavy atom. The van der Waals surface area contributed by atoms with Crippen LogP contribution in [-0.4, -0.2) is 38.3 Å². The molecule has 8 heteroatoms. The van der Waals surface area contributed by atoms with Crippen molar-refractivity contribution >= 4 is 5.95 Å². The molecule has 2 aromatic heterocycles. The van der Waals surface area contributed by atoms with Crippen LogP contribution in [-0.2, 0) is 13.5 Å². The van der Waals surface area contributed by atoms with Crippen LogP contribution in [0.5, 0.6) is 11.5 Å². The molecule has 0 spiro atoms. The molecule has 0 saturated heterocycles. The molecule has 3 heterocycles. The maximum atomic E-state index is 5.40. The Morgan fingerprint density at radius 2 is 2.12 bits per heavy atom. The third kappa shape index (κ3) is 2.98. The van der Waals surface area contributed by atoms with E-state index in [0.717, 1.165) is 34.7 Å². The van der Waals surface area contributed by atoms with Gasteiger partial charge in [-0.15, -0.1) is 5.10 Å². The van der Waals surface area contributed by atoms with Gasteiger partial charge in [0.05, 0.1) is 18.1 Å². The average Bonchev–Trinajstić information content (AvgIpc) is 3.23. The SMILES string of the molecule is Cn1cc(CCNc2nncc(-c3ccc4c(c3)OCO4)n2)cn1. The summed E-state index contributed by atoms with van der Waals surface area (Å²) in [4.78, 5) is 4.50. The number of fused-ring (bicyclic) bond motifs is 1. The molecule has 24 heavy (non-hydrogen) atoms. The molecule has 0 atom stereocenters. The van der Waals surface area contributed by atoms with Crippen molar-refractivity contribution in [2.24, 2.45) is 7.05 Å². The summed E-state index contributed by atoms with van der Waals surface area (Å²) in [6.45, 7) is 0.958. The van der Waals surface area contributed by atoms with E-state index in [-0.39, 0.29) is 6.79 Å². The highest BCUT2D eigenvalue weighted by molar-refractivity contribution is 5.64. The highest BCUT2D eigenvalue weighted by atomic mass is 16.7. The number of aromatic nitrogens is 5. The van der Waals surface area contributed by atoms with Gasteiger partial charge < -0.3 is 14.8 Å². The van der Waals surface area contributed by atoms with Gasteiger partial charge in [-0.3, -0.25) is 4.68 Å². The minimum atomic E-state index is 0.252. The lowest BCUT2D eigenvalue weighted by Crippen LogP contribution is -2.08. The summed E-state index contributed by atoms with van der Waals surface area (Å²) < 4.78 is 12.5. The van der Waals surface area contributed by atoms with Crippen LogP contribution in [0.3, 0.4) is 0 Å². The second-order valence-corrected chi connectivity index (χ2v) is 5.43. The zero-order valence-corrected chi connectivity index (χ0v) is 13.1. The number of nitrogens with one attached hydrogen (secondary N) is 1. The van der Waals surface area contributed by atoms with Crippen LogP contribution in [0.1, 0.15) is 5.56 Å². The number of anilines is 1. The zero-order chi connectivity index (χ0) is 16.4. The maximum Gasteiger partial charge on any atom is 0.243 e. The first kappa shape index (κ1) is 14.4. The third-order valence-electron chi connectivity index (χ3n) is 3.68. The molecule has 3 aromatic rings. The van der Waals surface area contributed by atoms with Crippen LogP contribution in [0.2, 0.25) is 0 Å². The van der Waals surface area contributed by atoms with Crippen LogP contribution in [0.15, 0.2) is 36.8 Å². The first-order chi connectivity index (χ1) is 11.8. The number of rotatable bonds is 5. The fourth-order valence-corrected chi connectivity index (χ4v) is 2.49. The van der Waals surface area contributed by atoms with Crippen molar-refractivity contribution in [1.29, 1.82) is 0 Å². The van der Waals surface area contributed by atoms with E-state index in [0.29, 0.717) is 12.5 Å². The van der Waals surface area contributed by atoms with Crippen molar-refractivity contribution in [2.75, 3.05) is 18.7 Å². The summed E-state index contributed by atoms with van der Waals surface area (Å²) in [6, 6.07) is 5.69. The summed E-state index contributed by atoms with van der Waals surface area (Å²) in [7, 11) is 1.90. The number of benzene rings is 1. The van der Waals surface area contributed by atoms with Gasteiger partial charge in [-0.2, -0.15) is 10.2 Å². The lowest BCUT2D eigenvalue weighted by Gasteiger charge is -2.06. The molecule has 1 aliphatic heterocycles. The molecule has 1 aliphatic rings. The molecule has 0 bridgehead atoms. The topological polar surface area (TPSA) is 87.0 Å². The van der Waals surface area contributed by atoms with E-state index in [4.69, 9.17) is 9.47 Å². The molecule has 1 aromatic carbocycles. The van der Waals surface area contributed by atoms with Crippen LogP contribution in [0, 0.1) is 0 Å². The van der Waals surface area contributed by atoms with Gasteiger partial charge in [0.2, 0.25) is 12.7 Å². The molecule has 0 fully saturated rings. The monoisotopic (exact) mass is 324 g/mol. The van der Waals surface area contributed by atoms with Crippen molar-refractivity contribution in [3.05, 3.63) is 42.4 Å². The molecule has 0 unspecified atom stereocenters. The maximum absolute atomic E-state index is 5.40. The predicted molar refractivity (Wildman–Crippen MR) is 86.8 cm³/mol. The van der Waals surface area contributed by atoms with E-state index in [1.165, 1.54) is 0 Å². The molecule has 0 amide bonds. The van der Waals surface area contributed by atoms with Gasteiger partial charge in [0.15, 0.2) is 11.5 Å².